The number of fused-ring (bicyclic) bond motifs is 2. The number of aromatic nitrogens is 2. The van der Waals surface area contributed by atoms with Crippen molar-refractivity contribution in [1.82, 2.24) is 30.4 Å². The molecule has 4 aliphatic rings. The first-order valence-electron chi connectivity index (χ1n) is 15.1. The van der Waals surface area contributed by atoms with E-state index in [1.165, 1.54) is 9.80 Å². The Balaban J connectivity index is 0.967. The lowest BCUT2D eigenvalue weighted by Crippen LogP contribution is -2.52. The van der Waals surface area contributed by atoms with Crippen LogP contribution in [0.4, 0.5) is 11.4 Å². The fourth-order valence-corrected chi connectivity index (χ4v) is 6.44. The van der Waals surface area contributed by atoms with Crippen molar-refractivity contribution < 1.29 is 28.8 Å². The van der Waals surface area contributed by atoms with Gasteiger partial charge >= 0.3 is 0 Å². The number of nitrogens with one attached hydrogen (secondary N) is 4. The number of rotatable bonds is 8. The van der Waals surface area contributed by atoms with Gasteiger partial charge in [0, 0.05) is 59.6 Å². The van der Waals surface area contributed by atoms with E-state index in [4.69, 9.17) is 0 Å². The second-order valence-corrected chi connectivity index (χ2v) is 11.7. The van der Waals surface area contributed by atoms with Crippen LogP contribution in [0.3, 0.4) is 0 Å². The molecule has 5 heterocycles. The molecule has 234 valence electrons. The van der Waals surface area contributed by atoms with Gasteiger partial charge in [0.1, 0.15) is 12.1 Å². The Morgan fingerprint density at radius 2 is 1.09 bits per heavy atom. The molecule has 0 aliphatic carbocycles. The van der Waals surface area contributed by atoms with Crippen LogP contribution >= 0.6 is 0 Å². The number of nitrogens with zero attached hydrogens (tertiary/aromatic N) is 4. The molecule has 7 rings (SSSR count). The van der Waals surface area contributed by atoms with Crippen molar-refractivity contribution in [3.05, 3.63) is 82.4 Å². The van der Waals surface area contributed by atoms with Crippen molar-refractivity contribution in [1.29, 1.82) is 0 Å². The third kappa shape index (κ3) is 5.31. The minimum absolute atomic E-state index is 0.197. The molecule has 2 saturated heterocycles. The van der Waals surface area contributed by atoms with Gasteiger partial charge in [-0.2, -0.15) is 0 Å². The van der Waals surface area contributed by atoms with Gasteiger partial charge in [-0.1, -0.05) is 12.1 Å². The number of carbonyl (C=O) groups excluding carboxylic acids is 6. The molecule has 0 radical (unpaired) electrons. The summed E-state index contributed by atoms with van der Waals surface area (Å²) in [4.78, 5) is 86.2. The molecule has 6 amide bonds. The van der Waals surface area contributed by atoms with E-state index >= 15 is 0 Å². The molecule has 3 aromatic rings. The zero-order valence-corrected chi connectivity index (χ0v) is 24.7. The fourth-order valence-electron chi connectivity index (χ4n) is 6.44. The Hall–Kier alpha value is -5.66. The van der Waals surface area contributed by atoms with Crippen LogP contribution in [-0.4, -0.2) is 67.3 Å². The minimum Gasteiger partial charge on any atom is -0.379 e. The first-order chi connectivity index (χ1) is 22.3. The summed E-state index contributed by atoms with van der Waals surface area (Å²) in [6, 6.07) is 9.42. The van der Waals surface area contributed by atoms with Crippen molar-refractivity contribution in [2.75, 3.05) is 10.6 Å². The summed E-state index contributed by atoms with van der Waals surface area (Å²) in [6.07, 6.45) is 4.32. The van der Waals surface area contributed by atoms with Gasteiger partial charge in [-0.15, -0.1) is 0 Å². The molecule has 4 N–H and O–H groups in total. The summed E-state index contributed by atoms with van der Waals surface area (Å²) in [5.74, 6) is -2.01. The standard InChI is InChI=1S/C32H30N8O6/c41-27-9-7-25(29(43)37-27)39-15-21-19(31(39)45)3-1-5-23(21)35-13-17-11-34-18(12-33-17)14-36-24-6-2-4-20-22(24)16-40(32(20)46)26-8-10-28(42)38-30(26)44/h1-6,11-12,25-26,35-36H,7-10,13-16H2,(H,37,41,43)(H,38,42,44). The average molecular weight is 623 g/mol. The van der Waals surface area contributed by atoms with Crippen LogP contribution < -0.4 is 21.3 Å². The maximum absolute atomic E-state index is 13.1. The van der Waals surface area contributed by atoms with Gasteiger partial charge in [0.05, 0.1) is 36.9 Å². The van der Waals surface area contributed by atoms with Gasteiger partial charge in [0.25, 0.3) is 11.8 Å². The second kappa shape index (κ2) is 11.7. The lowest BCUT2D eigenvalue weighted by atomic mass is 10.0. The molecule has 0 bridgehead atoms. The molecule has 0 spiro atoms. The Morgan fingerprint density at radius 1 is 0.652 bits per heavy atom. The predicted octanol–water partition coefficient (Wildman–Crippen LogP) is 1.22. The summed E-state index contributed by atoms with van der Waals surface area (Å²) in [5.41, 5.74) is 5.50. The number of amides is 6. The Bertz CT molecular complexity index is 1680. The van der Waals surface area contributed by atoms with E-state index in [1.807, 2.05) is 12.1 Å². The SMILES string of the molecule is O=C1CCC(N2Cc3c(NCc4cnc(CNc5cccc6c5CN(C5CCC(=O)NC5=O)C6=O)cn4)cccc3C2=O)C(=O)N1. The Morgan fingerprint density at radius 3 is 1.48 bits per heavy atom. The number of hydrogen-bond acceptors (Lipinski definition) is 10. The third-order valence-corrected chi connectivity index (χ3v) is 8.84. The van der Waals surface area contributed by atoms with E-state index in [0.29, 0.717) is 48.4 Å². The van der Waals surface area contributed by atoms with Gasteiger partial charge in [0.15, 0.2) is 0 Å². The van der Waals surface area contributed by atoms with Crippen LogP contribution in [0.1, 0.15) is 68.9 Å². The number of hydrogen-bond donors (Lipinski definition) is 4. The summed E-state index contributed by atoms with van der Waals surface area (Å²) >= 11 is 0. The highest BCUT2D eigenvalue weighted by Gasteiger charge is 2.41. The van der Waals surface area contributed by atoms with Gasteiger partial charge in [-0.05, 0) is 37.1 Å². The molecule has 4 aliphatic heterocycles. The van der Waals surface area contributed by atoms with Crippen LogP contribution in [-0.2, 0) is 45.4 Å². The number of anilines is 2. The van der Waals surface area contributed by atoms with E-state index in [-0.39, 0.29) is 49.6 Å². The normalized spacial score (nSPS) is 20.8. The van der Waals surface area contributed by atoms with Crippen molar-refractivity contribution in [3.8, 4) is 0 Å². The van der Waals surface area contributed by atoms with Gasteiger partial charge in [-0.3, -0.25) is 49.4 Å². The zero-order chi connectivity index (χ0) is 31.9. The highest BCUT2D eigenvalue weighted by Crippen LogP contribution is 2.34. The molecule has 2 fully saturated rings. The van der Waals surface area contributed by atoms with Crippen LogP contribution in [0.5, 0.6) is 0 Å². The van der Waals surface area contributed by atoms with Crippen molar-refractivity contribution in [3.63, 3.8) is 0 Å². The van der Waals surface area contributed by atoms with Crippen molar-refractivity contribution in [2.24, 2.45) is 0 Å². The van der Waals surface area contributed by atoms with Crippen LogP contribution in [0.25, 0.3) is 0 Å². The molecule has 1 aromatic heterocycles. The quantitative estimate of drug-likeness (QED) is 0.267. The molecule has 2 atom stereocenters. The first-order valence-corrected chi connectivity index (χ1v) is 15.1. The smallest absolute Gasteiger partial charge is 0.255 e. The van der Waals surface area contributed by atoms with Crippen molar-refractivity contribution in [2.45, 2.75) is 63.9 Å². The van der Waals surface area contributed by atoms with E-state index in [0.717, 1.165) is 22.5 Å². The van der Waals surface area contributed by atoms with Gasteiger partial charge in [-0.25, -0.2) is 0 Å². The summed E-state index contributed by atoms with van der Waals surface area (Å²) in [7, 11) is 0. The second-order valence-electron chi connectivity index (χ2n) is 11.7. The molecule has 46 heavy (non-hydrogen) atoms. The van der Waals surface area contributed by atoms with E-state index in [2.05, 4.69) is 31.2 Å². The predicted molar refractivity (Wildman–Crippen MR) is 162 cm³/mol. The summed E-state index contributed by atoms with van der Waals surface area (Å²) < 4.78 is 0. The van der Waals surface area contributed by atoms with E-state index in [9.17, 15) is 28.8 Å². The molecule has 14 nitrogen and oxygen atoms in total. The Kier molecular flexibility index (Phi) is 7.39. The van der Waals surface area contributed by atoms with Gasteiger partial charge < -0.3 is 20.4 Å². The highest BCUT2D eigenvalue weighted by molar-refractivity contribution is 6.07. The van der Waals surface area contributed by atoms with E-state index in [1.54, 1.807) is 36.7 Å². The molecule has 2 unspecified atom stereocenters. The molecular weight excluding hydrogens is 592 g/mol. The van der Waals surface area contributed by atoms with Crippen LogP contribution in [0.15, 0.2) is 48.8 Å². The maximum Gasteiger partial charge on any atom is 0.255 e. The number of imide groups is 2. The molecular formula is C32H30N8O6. The first kappa shape index (κ1) is 29.1. The lowest BCUT2D eigenvalue weighted by Gasteiger charge is -2.29. The zero-order valence-electron chi connectivity index (χ0n) is 24.7. The van der Waals surface area contributed by atoms with Crippen LogP contribution in [0, 0.1) is 0 Å². The minimum atomic E-state index is -0.681. The summed E-state index contributed by atoms with van der Waals surface area (Å²) in [6.45, 7) is 1.24. The highest BCUT2D eigenvalue weighted by atomic mass is 16.2. The molecule has 14 heteroatoms. The fraction of sp³-hybridized carbons (Fsp3) is 0.312. The number of carbonyl (C=O) groups is 6. The number of benzene rings is 2. The monoisotopic (exact) mass is 622 g/mol. The number of piperidine rings is 2. The maximum atomic E-state index is 13.1. The lowest BCUT2D eigenvalue weighted by molar-refractivity contribution is -0.138. The third-order valence-electron chi connectivity index (χ3n) is 8.84. The summed E-state index contributed by atoms with van der Waals surface area (Å²) in [5, 5.41) is 11.3. The van der Waals surface area contributed by atoms with Crippen LogP contribution in [0.2, 0.25) is 0 Å². The topological polar surface area (TPSA) is 183 Å². The van der Waals surface area contributed by atoms with Crippen molar-refractivity contribution >= 4 is 46.8 Å². The average Bonchev–Trinajstić information content (AvgIpc) is 3.56. The molecule has 2 aromatic carbocycles. The Labute approximate surface area is 262 Å². The molecule has 0 saturated carbocycles. The van der Waals surface area contributed by atoms with E-state index < -0.39 is 23.9 Å². The largest absolute Gasteiger partial charge is 0.379 e. The van der Waals surface area contributed by atoms with Gasteiger partial charge in [0.2, 0.25) is 23.6 Å².